The molecule has 0 aromatic rings. The molecule has 0 saturated heterocycles. The highest BCUT2D eigenvalue weighted by molar-refractivity contribution is 5.94. The molecule has 4 unspecified atom stereocenters. The molecule has 0 bridgehead atoms. The lowest BCUT2D eigenvalue weighted by Crippen LogP contribution is -2.57. The summed E-state index contributed by atoms with van der Waals surface area (Å²) >= 11 is 0. The van der Waals surface area contributed by atoms with Gasteiger partial charge in [-0.05, 0) is 37.5 Å². The number of hydrogen-bond acceptors (Lipinski definition) is 7. The van der Waals surface area contributed by atoms with Crippen molar-refractivity contribution < 1.29 is 39.0 Å². The summed E-state index contributed by atoms with van der Waals surface area (Å²) in [4.78, 5) is 71.4. The molecule has 0 aromatic carbocycles. The third kappa shape index (κ3) is 13.9. The molecule has 4 atom stereocenters. The first-order valence-corrected chi connectivity index (χ1v) is 11.5. The number of aliphatic carboxylic acids is 2. The Morgan fingerprint density at radius 1 is 0.686 bits per heavy atom. The number of amides is 4. The summed E-state index contributed by atoms with van der Waals surface area (Å²) in [7, 11) is 0. The number of rotatable bonds is 17. The summed E-state index contributed by atoms with van der Waals surface area (Å²) in [6.07, 6.45) is -0.484. The monoisotopic (exact) mass is 501 g/mol. The fraction of sp³-hybridized carbons (Fsp3) is 0.727. The lowest BCUT2D eigenvalue weighted by Gasteiger charge is -2.26. The van der Waals surface area contributed by atoms with E-state index in [0.29, 0.717) is 0 Å². The molecule has 200 valence electrons. The van der Waals surface area contributed by atoms with E-state index in [0.717, 1.165) is 0 Å². The number of carbonyl (C=O) groups excluding carboxylic acids is 4. The Morgan fingerprint density at radius 3 is 1.49 bits per heavy atom. The number of carbonyl (C=O) groups is 6. The van der Waals surface area contributed by atoms with Gasteiger partial charge in [-0.1, -0.05) is 27.7 Å². The van der Waals surface area contributed by atoms with Gasteiger partial charge in [0.05, 0.1) is 6.04 Å². The van der Waals surface area contributed by atoms with Crippen LogP contribution in [0.25, 0.3) is 0 Å². The van der Waals surface area contributed by atoms with Crippen LogP contribution in [0.15, 0.2) is 0 Å². The van der Waals surface area contributed by atoms with Crippen LogP contribution in [0.2, 0.25) is 0 Å². The Kier molecular flexibility index (Phi) is 14.2. The molecule has 0 saturated carbocycles. The van der Waals surface area contributed by atoms with Gasteiger partial charge in [0.25, 0.3) is 0 Å². The normalized spacial score (nSPS) is 14.5. The molecule has 0 heterocycles. The van der Waals surface area contributed by atoms with E-state index < -0.39 is 66.2 Å². The predicted octanol–water partition coefficient (Wildman–Crippen LogP) is -0.925. The molecular formula is C22H39N5O8. The van der Waals surface area contributed by atoms with Gasteiger partial charge in [0.1, 0.15) is 18.1 Å². The molecule has 0 radical (unpaired) electrons. The third-order valence-corrected chi connectivity index (χ3v) is 4.98. The second-order valence-corrected chi connectivity index (χ2v) is 9.32. The molecule has 4 amide bonds. The van der Waals surface area contributed by atoms with Crippen LogP contribution >= 0.6 is 0 Å². The van der Waals surface area contributed by atoms with Crippen molar-refractivity contribution in [1.29, 1.82) is 0 Å². The first-order chi connectivity index (χ1) is 16.1. The number of nitrogens with two attached hydrogens (primary N) is 2. The van der Waals surface area contributed by atoms with E-state index in [4.69, 9.17) is 16.6 Å². The molecule has 0 aliphatic carbocycles. The highest BCUT2D eigenvalue weighted by Gasteiger charge is 2.31. The first kappa shape index (κ1) is 31.8. The Bertz CT molecular complexity index is 771. The SMILES string of the molecule is CC(C)CC(NC(=O)C(N)CCC(N)=O)C(=O)NC(CC(C)C)C(=O)NC(CCC(=O)O)C(=O)O. The zero-order chi connectivity index (χ0) is 27.3. The molecule has 0 aliphatic heterocycles. The van der Waals surface area contributed by atoms with E-state index in [2.05, 4.69) is 16.0 Å². The van der Waals surface area contributed by atoms with Crippen molar-refractivity contribution >= 4 is 35.6 Å². The number of carboxylic acids is 2. The molecule has 0 spiro atoms. The minimum Gasteiger partial charge on any atom is -0.481 e. The number of primary amides is 1. The summed E-state index contributed by atoms with van der Waals surface area (Å²) in [5, 5.41) is 25.5. The fourth-order valence-corrected chi connectivity index (χ4v) is 3.18. The van der Waals surface area contributed by atoms with Gasteiger partial charge >= 0.3 is 11.9 Å². The number of nitrogens with one attached hydrogen (secondary N) is 3. The average molecular weight is 502 g/mol. The number of carboxylic acid groups (broad SMARTS) is 2. The van der Waals surface area contributed by atoms with Gasteiger partial charge in [-0.2, -0.15) is 0 Å². The van der Waals surface area contributed by atoms with Crippen LogP contribution in [-0.2, 0) is 28.8 Å². The Labute approximate surface area is 204 Å². The van der Waals surface area contributed by atoms with Crippen molar-refractivity contribution in [3.05, 3.63) is 0 Å². The highest BCUT2D eigenvalue weighted by Crippen LogP contribution is 2.10. The highest BCUT2D eigenvalue weighted by atomic mass is 16.4. The van der Waals surface area contributed by atoms with Crippen molar-refractivity contribution in [3.8, 4) is 0 Å². The van der Waals surface area contributed by atoms with Crippen LogP contribution in [0.5, 0.6) is 0 Å². The van der Waals surface area contributed by atoms with Gasteiger partial charge in [0.15, 0.2) is 0 Å². The summed E-state index contributed by atoms with van der Waals surface area (Å²) in [6.45, 7) is 7.27. The molecule has 0 aliphatic rings. The molecule has 35 heavy (non-hydrogen) atoms. The van der Waals surface area contributed by atoms with Crippen LogP contribution < -0.4 is 27.4 Å². The van der Waals surface area contributed by atoms with Gasteiger partial charge in [0.2, 0.25) is 23.6 Å². The van der Waals surface area contributed by atoms with Crippen molar-refractivity contribution in [2.24, 2.45) is 23.3 Å². The molecule has 13 nitrogen and oxygen atoms in total. The van der Waals surface area contributed by atoms with E-state index in [9.17, 15) is 33.9 Å². The van der Waals surface area contributed by atoms with E-state index in [-0.39, 0.29) is 43.9 Å². The maximum atomic E-state index is 13.0. The van der Waals surface area contributed by atoms with Crippen LogP contribution in [0.3, 0.4) is 0 Å². The third-order valence-electron chi connectivity index (χ3n) is 4.98. The van der Waals surface area contributed by atoms with Crippen LogP contribution in [-0.4, -0.2) is 69.9 Å². The van der Waals surface area contributed by atoms with Gasteiger partial charge in [-0.15, -0.1) is 0 Å². The Morgan fingerprint density at radius 2 is 1.11 bits per heavy atom. The van der Waals surface area contributed by atoms with E-state index >= 15 is 0 Å². The molecule has 0 aromatic heterocycles. The standard InChI is InChI=1S/C22H39N5O8/c1-11(2)9-15(26-19(31)13(23)5-7-17(24)28)21(33)27-16(10-12(3)4)20(32)25-14(22(34)35)6-8-18(29)30/h11-16H,5-10,23H2,1-4H3,(H2,24,28)(H,25,32)(H,26,31)(H,27,33)(H,29,30)(H,34,35). The molecule has 13 heteroatoms. The van der Waals surface area contributed by atoms with Crippen LogP contribution in [0, 0.1) is 11.8 Å². The molecular weight excluding hydrogens is 462 g/mol. The number of hydrogen-bond donors (Lipinski definition) is 7. The summed E-state index contributed by atoms with van der Waals surface area (Å²) in [5.41, 5.74) is 10.9. The fourth-order valence-electron chi connectivity index (χ4n) is 3.18. The summed E-state index contributed by atoms with van der Waals surface area (Å²) in [6, 6.07) is -4.67. The van der Waals surface area contributed by atoms with Gasteiger partial charge in [-0.25, -0.2) is 4.79 Å². The van der Waals surface area contributed by atoms with Gasteiger partial charge in [0, 0.05) is 12.8 Å². The summed E-state index contributed by atoms with van der Waals surface area (Å²) in [5.74, 6) is -5.40. The second-order valence-electron chi connectivity index (χ2n) is 9.32. The molecule has 9 N–H and O–H groups in total. The van der Waals surface area contributed by atoms with Crippen molar-refractivity contribution in [3.63, 3.8) is 0 Å². The Balaban J connectivity index is 5.49. The lowest BCUT2D eigenvalue weighted by molar-refractivity contribution is -0.143. The average Bonchev–Trinajstić information content (AvgIpc) is 2.72. The van der Waals surface area contributed by atoms with E-state index in [1.165, 1.54) is 0 Å². The minimum atomic E-state index is -1.44. The first-order valence-electron chi connectivity index (χ1n) is 11.5. The van der Waals surface area contributed by atoms with E-state index in [1.807, 2.05) is 13.8 Å². The molecule has 0 rings (SSSR count). The zero-order valence-corrected chi connectivity index (χ0v) is 20.7. The van der Waals surface area contributed by atoms with E-state index in [1.54, 1.807) is 13.8 Å². The quantitative estimate of drug-likeness (QED) is 0.130. The Hall–Kier alpha value is -3.22. The van der Waals surface area contributed by atoms with Crippen molar-refractivity contribution in [2.45, 2.75) is 90.4 Å². The minimum absolute atomic E-state index is 0.00246. The smallest absolute Gasteiger partial charge is 0.326 e. The summed E-state index contributed by atoms with van der Waals surface area (Å²) < 4.78 is 0. The predicted molar refractivity (Wildman–Crippen MR) is 126 cm³/mol. The maximum Gasteiger partial charge on any atom is 0.326 e. The van der Waals surface area contributed by atoms with Crippen LogP contribution in [0.4, 0.5) is 0 Å². The lowest BCUT2D eigenvalue weighted by atomic mass is 9.99. The second kappa shape index (κ2) is 15.6. The largest absolute Gasteiger partial charge is 0.481 e. The zero-order valence-electron chi connectivity index (χ0n) is 20.7. The van der Waals surface area contributed by atoms with Crippen LogP contribution in [0.1, 0.15) is 66.2 Å². The van der Waals surface area contributed by atoms with Crippen molar-refractivity contribution in [1.82, 2.24) is 16.0 Å². The van der Waals surface area contributed by atoms with Crippen molar-refractivity contribution in [2.75, 3.05) is 0 Å². The maximum absolute atomic E-state index is 13.0. The van der Waals surface area contributed by atoms with Gasteiger partial charge in [-0.3, -0.25) is 24.0 Å². The van der Waals surface area contributed by atoms with Gasteiger partial charge < -0.3 is 37.6 Å². The molecule has 0 fully saturated rings. The topological polar surface area (TPSA) is 231 Å².